The van der Waals surface area contributed by atoms with E-state index in [4.69, 9.17) is 9.41 Å². The van der Waals surface area contributed by atoms with Crippen molar-refractivity contribution in [2.45, 2.75) is 130 Å². The third-order valence-corrected chi connectivity index (χ3v) is 9.00. The summed E-state index contributed by atoms with van der Waals surface area (Å²) in [5, 5.41) is 0. The maximum Gasteiger partial charge on any atom is 0.313 e. The lowest BCUT2D eigenvalue weighted by Crippen LogP contribution is -2.09. The first-order valence-electron chi connectivity index (χ1n) is 15.3. The average Bonchev–Trinajstić information content (AvgIpc) is 3.75. The van der Waals surface area contributed by atoms with Crippen molar-refractivity contribution in [3.63, 3.8) is 0 Å². The molecule has 1 aliphatic rings. The molecule has 2 heterocycles. The minimum atomic E-state index is 0.428. The van der Waals surface area contributed by atoms with E-state index >= 15 is 0 Å². The normalized spacial score (nSPS) is 15.0. The number of unbranched alkanes of at least 4 members (excludes halogenated alkanes) is 7. The van der Waals surface area contributed by atoms with Crippen molar-refractivity contribution < 1.29 is 4.43 Å². The molecule has 204 valence electrons. The van der Waals surface area contributed by atoms with Crippen LogP contribution in [0.4, 0.5) is 0 Å². The zero-order valence-electron chi connectivity index (χ0n) is 23.9. The second-order valence-corrected chi connectivity index (χ2v) is 12.5. The highest BCUT2D eigenvalue weighted by atomic mass is 28.2. The summed E-state index contributed by atoms with van der Waals surface area (Å²) in [5.74, 6) is 3.24. The van der Waals surface area contributed by atoms with Crippen LogP contribution in [0, 0.1) is 17.8 Å². The second kappa shape index (κ2) is 17.7. The Labute approximate surface area is 229 Å². The average molecular weight is 522 g/mol. The fraction of sp³-hybridized carbons (Fsp3) is 0.719. The maximum absolute atomic E-state index is 5.99. The predicted octanol–water partition coefficient (Wildman–Crippen LogP) is 9.27. The van der Waals surface area contributed by atoms with E-state index in [-0.39, 0.29) is 0 Å². The molecule has 5 heteroatoms. The molecule has 1 fully saturated rings. The van der Waals surface area contributed by atoms with Gasteiger partial charge in [0.1, 0.15) is 0 Å². The summed E-state index contributed by atoms with van der Waals surface area (Å²) in [7, 11) is 0.428. The van der Waals surface area contributed by atoms with Crippen LogP contribution in [-0.4, -0.2) is 24.7 Å². The molecule has 3 rings (SSSR count). The summed E-state index contributed by atoms with van der Waals surface area (Å²) in [6.07, 6.45) is 27.3. The van der Waals surface area contributed by atoms with Crippen LogP contribution in [0.25, 0.3) is 11.3 Å². The van der Waals surface area contributed by atoms with Gasteiger partial charge in [0.25, 0.3) is 0 Å². The molecule has 2 aromatic rings. The smallest absolute Gasteiger partial charge is 0.313 e. The molecule has 1 saturated carbocycles. The standard InChI is InChI=1S/C32H51N3OSi/c1-4-5-13-26(2)16-17-27(3)25-37-36-32-24-33-23-31(35-32)29-20-21-30(34-22-29)15-12-10-8-6-7-9-11-14-28-18-19-28/h20-24,26-28H,4-19,25H2,1-3H3. The largest absolute Gasteiger partial charge is 0.527 e. The molecule has 0 saturated heterocycles. The Morgan fingerprint density at radius 1 is 0.865 bits per heavy atom. The van der Waals surface area contributed by atoms with Gasteiger partial charge in [-0.25, -0.2) is 4.98 Å². The van der Waals surface area contributed by atoms with E-state index < -0.39 is 0 Å². The summed E-state index contributed by atoms with van der Waals surface area (Å²) in [4.78, 5) is 13.8. The van der Waals surface area contributed by atoms with Crippen molar-refractivity contribution in [2.24, 2.45) is 17.8 Å². The Bertz CT molecular complexity index is 855. The van der Waals surface area contributed by atoms with Crippen molar-refractivity contribution in [3.05, 3.63) is 36.4 Å². The number of rotatable bonds is 21. The van der Waals surface area contributed by atoms with E-state index in [1.54, 1.807) is 12.4 Å². The van der Waals surface area contributed by atoms with Gasteiger partial charge in [-0.05, 0) is 48.8 Å². The van der Waals surface area contributed by atoms with E-state index in [2.05, 4.69) is 42.9 Å². The first-order valence-corrected chi connectivity index (χ1v) is 16.4. The Morgan fingerprint density at radius 2 is 1.62 bits per heavy atom. The summed E-state index contributed by atoms with van der Waals surface area (Å²) >= 11 is 0. The highest BCUT2D eigenvalue weighted by Crippen LogP contribution is 2.34. The van der Waals surface area contributed by atoms with Gasteiger partial charge in [-0.2, -0.15) is 0 Å². The topological polar surface area (TPSA) is 47.9 Å². The number of aromatic nitrogens is 3. The molecule has 2 radical (unpaired) electrons. The first-order chi connectivity index (χ1) is 18.1. The minimum absolute atomic E-state index is 0.428. The zero-order valence-corrected chi connectivity index (χ0v) is 24.9. The predicted molar refractivity (Wildman–Crippen MR) is 157 cm³/mol. The summed E-state index contributed by atoms with van der Waals surface area (Å²) in [5.41, 5.74) is 3.01. The van der Waals surface area contributed by atoms with E-state index in [1.165, 1.54) is 102 Å². The van der Waals surface area contributed by atoms with Crippen molar-refractivity contribution in [1.82, 2.24) is 15.0 Å². The third-order valence-electron chi connectivity index (χ3n) is 7.79. The van der Waals surface area contributed by atoms with Crippen LogP contribution in [0.5, 0.6) is 5.88 Å². The van der Waals surface area contributed by atoms with Crippen LogP contribution in [0.1, 0.15) is 123 Å². The van der Waals surface area contributed by atoms with Gasteiger partial charge in [-0.3, -0.25) is 9.97 Å². The van der Waals surface area contributed by atoms with Gasteiger partial charge >= 0.3 is 9.76 Å². The van der Waals surface area contributed by atoms with Crippen LogP contribution >= 0.6 is 0 Å². The molecule has 2 atom stereocenters. The van der Waals surface area contributed by atoms with Gasteiger partial charge in [-0.15, -0.1) is 0 Å². The van der Waals surface area contributed by atoms with Gasteiger partial charge in [-0.1, -0.05) is 111 Å². The van der Waals surface area contributed by atoms with Crippen molar-refractivity contribution in [2.75, 3.05) is 0 Å². The van der Waals surface area contributed by atoms with Crippen molar-refractivity contribution in [1.29, 1.82) is 0 Å². The van der Waals surface area contributed by atoms with Crippen LogP contribution in [0.2, 0.25) is 6.04 Å². The lowest BCUT2D eigenvalue weighted by atomic mass is 9.95. The van der Waals surface area contributed by atoms with Crippen LogP contribution < -0.4 is 4.43 Å². The molecular formula is C32H51N3OSi. The van der Waals surface area contributed by atoms with E-state index in [9.17, 15) is 0 Å². The van der Waals surface area contributed by atoms with Crippen LogP contribution in [-0.2, 0) is 6.42 Å². The van der Waals surface area contributed by atoms with Crippen LogP contribution in [0.3, 0.4) is 0 Å². The van der Waals surface area contributed by atoms with Crippen molar-refractivity contribution in [3.8, 4) is 17.1 Å². The molecule has 0 bridgehead atoms. The highest BCUT2D eigenvalue weighted by molar-refractivity contribution is 6.28. The molecule has 2 aromatic heterocycles. The van der Waals surface area contributed by atoms with Gasteiger partial charge in [0, 0.05) is 17.5 Å². The van der Waals surface area contributed by atoms with E-state index in [0.29, 0.717) is 21.6 Å². The Morgan fingerprint density at radius 3 is 2.35 bits per heavy atom. The van der Waals surface area contributed by atoms with Crippen molar-refractivity contribution >= 4 is 9.76 Å². The maximum atomic E-state index is 5.99. The number of nitrogens with zero attached hydrogens (tertiary/aromatic N) is 3. The molecule has 1 aliphatic carbocycles. The lowest BCUT2D eigenvalue weighted by Gasteiger charge is -2.15. The number of hydrogen-bond donors (Lipinski definition) is 0. The summed E-state index contributed by atoms with van der Waals surface area (Å²) < 4.78 is 5.99. The molecule has 0 spiro atoms. The number of pyridine rings is 1. The molecule has 0 amide bonds. The van der Waals surface area contributed by atoms with Gasteiger partial charge in [0.15, 0.2) is 0 Å². The highest BCUT2D eigenvalue weighted by Gasteiger charge is 2.19. The van der Waals surface area contributed by atoms with Gasteiger partial charge in [0.05, 0.1) is 18.1 Å². The van der Waals surface area contributed by atoms with Gasteiger partial charge in [0.2, 0.25) is 5.88 Å². The monoisotopic (exact) mass is 521 g/mol. The Kier molecular flexibility index (Phi) is 14.3. The number of aryl methyl sites for hydroxylation is 1. The fourth-order valence-electron chi connectivity index (χ4n) is 4.92. The first kappa shape index (κ1) is 29.8. The number of hydrogen-bond acceptors (Lipinski definition) is 4. The molecular weight excluding hydrogens is 470 g/mol. The minimum Gasteiger partial charge on any atom is -0.527 e. The molecule has 37 heavy (non-hydrogen) atoms. The quantitative estimate of drug-likeness (QED) is 0.121. The molecule has 4 nitrogen and oxygen atoms in total. The summed E-state index contributed by atoms with van der Waals surface area (Å²) in [6, 6.07) is 5.36. The van der Waals surface area contributed by atoms with Gasteiger partial charge < -0.3 is 4.43 Å². The fourth-order valence-corrected chi connectivity index (χ4v) is 5.73. The van der Waals surface area contributed by atoms with E-state index in [1.807, 2.05) is 6.20 Å². The Hall–Kier alpha value is -1.75. The third kappa shape index (κ3) is 13.0. The molecule has 0 aliphatic heterocycles. The lowest BCUT2D eigenvalue weighted by molar-refractivity contribution is 0.412. The zero-order chi connectivity index (χ0) is 26.1. The van der Waals surface area contributed by atoms with Crippen LogP contribution in [0.15, 0.2) is 30.7 Å². The molecule has 0 aromatic carbocycles. The van der Waals surface area contributed by atoms with E-state index in [0.717, 1.165) is 35.6 Å². The second-order valence-electron chi connectivity index (χ2n) is 11.6. The Balaban J connectivity index is 1.29. The SMILES string of the molecule is CCCCC(C)CCC(C)C[Si]Oc1cncc(-c2ccc(CCCCCCCCCC3CC3)nc2)n1. The summed E-state index contributed by atoms with van der Waals surface area (Å²) in [6.45, 7) is 7.01. The molecule has 0 N–H and O–H groups in total. The molecule has 2 unspecified atom stereocenters.